The van der Waals surface area contributed by atoms with E-state index in [1.807, 2.05) is 0 Å². The second-order valence-electron chi connectivity index (χ2n) is 3.10. The summed E-state index contributed by atoms with van der Waals surface area (Å²) in [4.78, 5) is 29.4. The van der Waals surface area contributed by atoms with E-state index in [1.54, 1.807) is 6.07 Å². The third-order valence-electron chi connectivity index (χ3n) is 2.01. The molecule has 0 aromatic carbocycles. The highest BCUT2D eigenvalue weighted by Crippen LogP contribution is 2.06. The average Bonchev–Trinajstić information content (AvgIpc) is 2.87. The van der Waals surface area contributed by atoms with Gasteiger partial charge < -0.3 is 4.74 Å². The van der Waals surface area contributed by atoms with E-state index in [0.717, 1.165) is 0 Å². The van der Waals surface area contributed by atoms with Gasteiger partial charge in [0.2, 0.25) is 0 Å². The van der Waals surface area contributed by atoms with Crippen LogP contribution in [0.2, 0.25) is 0 Å². The molecule has 0 saturated carbocycles. The van der Waals surface area contributed by atoms with E-state index in [2.05, 4.69) is 19.8 Å². The lowest BCUT2D eigenvalue weighted by atomic mass is 10.3. The Morgan fingerprint density at radius 3 is 3.00 bits per heavy atom. The summed E-state index contributed by atoms with van der Waals surface area (Å²) in [5.74, 6) is -0.674. The first-order valence-corrected chi connectivity index (χ1v) is 4.65. The molecule has 0 atom stereocenters. The average molecular weight is 232 g/mol. The van der Waals surface area contributed by atoms with Gasteiger partial charge in [0, 0.05) is 11.8 Å². The Labute approximate surface area is 96.1 Å². The Morgan fingerprint density at radius 1 is 1.47 bits per heavy atom. The number of pyridine rings is 1. The molecule has 7 nitrogen and oxygen atoms in total. The van der Waals surface area contributed by atoms with Crippen LogP contribution in [0.4, 0.5) is 0 Å². The Balaban J connectivity index is 2.36. The third kappa shape index (κ3) is 2.17. The summed E-state index contributed by atoms with van der Waals surface area (Å²) in [6.45, 7) is 0. The lowest BCUT2D eigenvalue weighted by molar-refractivity contribution is 0.0587. The van der Waals surface area contributed by atoms with Crippen LogP contribution in [0.5, 0.6) is 0 Å². The summed E-state index contributed by atoms with van der Waals surface area (Å²) in [5.41, 5.74) is 0.954. The van der Waals surface area contributed by atoms with Crippen LogP contribution in [0.15, 0.2) is 24.8 Å². The van der Waals surface area contributed by atoms with Crippen molar-refractivity contribution in [1.82, 2.24) is 19.7 Å². The SMILES string of the molecule is COC(=O)c1ncn(-c2cncc(C=O)c2)n1. The summed E-state index contributed by atoms with van der Waals surface area (Å²) in [5, 5.41) is 3.90. The predicted molar refractivity (Wildman–Crippen MR) is 55.9 cm³/mol. The number of ether oxygens (including phenoxy) is 1. The topological polar surface area (TPSA) is 87.0 Å². The van der Waals surface area contributed by atoms with Crippen molar-refractivity contribution in [1.29, 1.82) is 0 Å². The zero-order valence-electron chi connectivity index (χ0n) is 8.90. The molecule has 0 N–H and O–H groups in total. The molecule has 0 aliphatic rings. The van der Waals surface area contributed by atoms with Crippen molar-refractivity contribution in [3.8, 4) is 5.69 Å². The molecule has 0 unspecified atom stereocenters. The number of aldehydes is 1. The number of carbonyl (C=O) groups excluding carboxylic acids is 2. The van der Waals surface area contributed by atoms with Gasteiger partial charge in [-0.05, 0) is 6.07 Å². The van der Waals surface area contributed by atoms with Gasteiger partial charge in [-0.25, -0.2) is 14.5 Å². The molecule has 2 aromatic heterocycles. The molecule has 0 spiro atoms. The molecule has 0 bridgehead atoms. The number of rotatable bonds is 3. The molecule has 0 radical (unpaired) electrons. The number of nitrogens with zero attached hydrogens (tertiary/aromatic N) is 4. The van der Waals surface area contributed by atoms with Gasteiger partial charge in [-0.15, -0.1) is 5.10 Å². The summed E-state index contributed by atoms with van der Waals surface area (Å²) in [6, 6.07) is 1.58. The number of esters is 1. The van der Waals surface area contributed by atoms with Crippen LogP contribution in [-0.4, -0.2) is 39.1 Å². The number of carbonyl (C=O) groups is 2. The van der Waals surface area contributed by atoms with Gasteiger partial charge in [0.25, 0.3) is 5.82 Å². The van der Waals surface area contributed by atoms with Crippen molar-refractivity contribution in [3.63, 3.8) is 0 Å². The first-order chi connectivity index (χ1) is 8.24. The van der Waals surface area contributed by atoms with Crippen molar-refractivity contribution in [3.05, 3.63) is 36.2 Å². The van der Waals surface area contributed by atoms with Crippen molar-refractivity contribution in [2.45, 2.75) is 0 Å². The normalized spacial score (nSPS) is 9.94. The molecule has 0 aliphatic carbocycles. The van der Waals surface area contributed by atoms with Crippen LogP contribution in [-0.2, 0) is 4.74 Å². The molecule has 17 heavy (non-hydrogen) atoms. The fraction of sp³-hybridized carbons (Fsp3) is 0.100. The first-order valence-electron chi connectivity index (χ1n) is 4.65. The summed E-state index contributed by atoms with van der Waals surface area (Å²) < 4.78 is 5.82. The van der Waals surface area contributed by atoms with Crippen LogP contribution in [0, 0.1) is 0 Å². The summed E-state index contributed by atoms with van der Waals surface area (Å²) >= 11 is 0. The minimum atomic E-state index is -0.622. The minimum absolute atomic E-state index is 0.0518. The second kappa shape index (κ2) is 4.52. The van der Waals surface area contributed by atoms with Gasteiger partial charge in [-0.2, -0.15) is 0 Å². The molecule has 86 valence electrons. The van der Waals surface area contributed by atoms with E-state index < -0.39 is 5.97 Å². The molecular formula is C10H8N4O3. The Morgan fingerprint density at radius 2 is 2.29 bits per heavy atom. The zero-order valence-corrected chi connectivity index (χ0v) is 8.90. The molecule has 7 heteroatoms. The monoisotopic (exact) mass is 232 g/mol. The maximum atomic E-state index is 11.1. The first kappa shape index (κ1) is 10.9. The Kier molecular flexibility index (Phi) is 2.91. The molecule has 0 saturated heterocycles. The molecular weight excluding hydrogens is 224 g/mol. The van der Waals surface area contributed by atoms with Crippen molar-refractivity contribution >= 4 is 12.3 Å². The standard InChI is InChI=1S/C10H8N4O3/c1-17-10(16)9-12-6-14(13-9)8-2-7(5-15)3-11-4-8/h2-6H,1H3. The molecule has 0 fully saturated rings. The number of hydrogen-bond acceptors (Lipinski definition) is 6. The van der Waals surface area contributed by atoms with E-state index in [9.17, 15) is 9.59 Å². The van der Waals surface area contributed by atoms with E-state index in [0.29, 0.717) is 17.5 Å². The Hall–Kier alpha value is -2.57. The van der Waals surface area contributed by atoms with Gasteiger partial charge in [0.1, 0.15) is 6.33 Å². The maximum Gasteiger partial charge on any atom is 0.377 e. The van der Waals surface area contributed by atoms with Gasteiger partial charge >= 0.3 is 5.97 Å². The lowest BCUT2D eigenvalue weighted by Crippen LogP contribution is -2.05. The summed E-state index contributed by atoms with van der Waals surface area (Å²) in [6.07, 6.45) is 4.95. The molecule has 2 aromatic rings. The van der Waals surface area contributed by atoms with Crippen molar-refractivity contribution in [2.24, 2.45) is 0 Å². The molecule has 0 aliphatic heterocycles. The van der Waals surface area contributed by atoms with Crippen LogP contribution in [0.3, 0.4) is 0 Å². The predicted octanol–water partition coefficient (Wildman–Crippen LogP) is 0.261. The molecule has 2 rings (SSSR count). The lowest BCUT2D eigenvalue weighted by Gasteiger charge is -1.99. The van der Waals surface area contributed by atoms with E-state index in [1.165, 1.54) is 30.5 Å². The van der Waals surface area contributed by atoms with Crippen LogP contribution >= 0.6 is 0 Å². The third-order valence-corrected chi connectivity index (χ3v) is 2.01. The van der Waals surface area contributed by atoms with Crippen molar-refractivity contribution < 1.29 is 14.3 Å². The highest BCUT2D eigenvalue weighted by molar-refractivity contribution is 5.84. The van der Waals surface area contributed by atoms with Crippen molar-refractivity contribution in [2.75, 3.05) is 7.11 Å². The van der Waals surface area contributed by atoms with Gasteiger partial charge in [-0.3, -0.25) is 9.78 Å². The van der Waals surface area contributed by atoms with Gasteiger partial charge in [0.05, 0.1) is 19.0 Å². The van der Waals surface area contributed by atoms with Crippen LogP contribution in [0.25, 0.3) is 5.69 Å². The zero-order chi connectivity index (χ0) is 12.3. The van der Waals surface area contributed by atoms with E-state index in [-0.39, 0.29) is 5.82 Å². The minimum Gasteiger partial charge on any atom is -0.463 e. The second-order valence-corrected chi connectivity index (χ2v) is 3.10. The quantitative estimate of drug-likeness (QED) is 0.557. The summed E-state index contributed by atoms with van der Waals surface area (Å²) in [7, 11) is 1.25. The maximum absolute atomic E-state index is 11.1. The Bertz CT molecular complexity index is 564. The number of aromatic nitrogens is 4. The van der Waals surface area contributed by atoms with E-state index in [4.69, 9.17) is 0 Å². The molecule has 2 heterocycles. The fourth-order valence-electron chi connectivity index (χ4n) is 1.21. The largest absolute Gasteiger partial charge is 0.463 e. The molecule has 0 amide bonds. The highest BCUT2D eigenvalue weighted by atomic mass is 16.5. The number of methoxy groups -OCH3 is 1. The van der Waals surface area contributed by atoms with E-state index >= 15 is 0 Å². The van der Waals surface area contributed by atoms with Gasteiger partial charge in [0.15, 0.2) is 6.29 Å². The fourth-order valence-corrected chi connectivity index (χ4v) is 1.21. The van der Waals surface area contributed by atoms with Gasteiger partial charge in [-0.1, -0.05) is 0 Å². The highest BCUT2D eigenvalue weighted by Gasteiger charge is 2.12. The van der Waals surface area contributed by atoms with Crippen LogP contribution < -0.4 is 0 Å². The smallest absolute Gasteiger partial charge is 0.377 e. The van der Waals surface area contributed by atoms with Crippen LogP contribution in [0.1, 0.15) is 21.0 Å². The number of hydrogen-bond donors (Lipinski definition) is 0.